The van der Waals surface area contributed by atoms with Crippen molar-refractivity contribution in [2.45, 2.75) is 31.2 Å². The van der Waals surface area contributed by atoms with Gasteiger partial charge in [0, 0.05) is 19.0 Å². The normalized spacial score (nSPS) is 22.4. The summed E-state index contributed by atoms with van der Waals surface area (Å²) in [5.41, 5.74) is 0.472. The maximum Gasteiger partial charge on any atom is 0.325 e. The molecule has 4 aromatic rings. The molecule has 3 aromatic carbocycles. The molecule has 7 nitrogen and oxygen atoms in total. The average molecular weight is 499 g/mol. The molecule has 182 valence electrons. The summed E-state index contributed by atoms with van der Waals surface area (Å²) in [4.78, 5) is 47.4. The number of nitrogens with one attached hydrogen (secondary N) is 1. The van der Waals surface area contributed by atoms with E-state index in [0.717, 1.165) is 49.3 Å². The van der Waals surface area contributed by atoms with Crippen LogP contribution in [0.5, 0.6) is 0 Å². The smallest absolute Gasteiger partial charge is 0.325 e. The van der Waals surface area contributed by atoms with E-state index in [-0.39, 0.29) is 18.4 Å². The maximum atomic E-state index is 13.5. The van der Waals surface area contributed by atoms with Crippen molar-refractivity contribution in [3.05, 3.63) is 77.3 Å². The van der Waals surface area contributed by atoms with Crippen LogP contribution in [-0.2, 0) is 15.1 Å². The molecule has 2 aliphatic heterocycles. The number of hydrogen-bond donors (Lipinski definition) is 1. The average Bonchev–Trinajstić information content (AvgIpc) is 3.43. The number of aromatic nitrogens is 1. The Morgan fingerprint density at radius 3 is 2.72 bits per heavy atom. The first-order valence-electron chi connectivity index (χ1n) is 12.2. The minimum Gasteiger partial charge on any atom is -0.340 e. The van der Waals surface area contributed by atoms with Gasteiger partial charge in [-0.05, 0) is 48.2 Å². The van der Waals surface area contributed by atoms with Crippen LogP contribution in [0.3, 0.4) is 0 Å². The Labute approximate surface area is 212 Å². The van der Waals surface area contributed by atoms with Gasteiger partial charge in [-0.25, -0.2) is 9.78 Å². The highest BCUT2D eigenvalue weighted by molar-refractivity contribution is 7.18. The summed E-state index contributed by atoms with van der Waals surface area (Å²) < 4.78 is 1.14. The highest BCUT2D eigenvalue weighted by atomic mass is 32.1. The van der Waals surface area contributed by atoms with Crippen LogP contribution >= 0.6 is 11.3 Å². The molecule has 8 heteroatoms. The molecule has 0 saturated carbocycles. The largest absolute Gasteiger partial charge is 0.340 e. The van der Waals surface area contributed by atoms with Crippen LogP contribution in [0.2, 0.25) is 0 Å². The summed E-state index contributed by atoms with van der Waals surface area (Å²) in [5, 5.41) is 5.78. The molecule has 2 fully saturated rings. The zero-order chi connectivity index (χ0) is 24.9. The number of likely N-dealkylation sites (tertiary alicyclic amines) is 1. The molecule has 2 atom stereocenters. The number of para-hydroxylation sites is 1. The molecule has 6 rings (SSSR count). The lowest BCUT2D eigenvalue weighted by Gasteiger charge is -2.32. The lowest BCUT2D eigenvalue weighted by molar-refractivity contribution is -0.139. The lowest BCUT2D eigenvalue weighted by atomic mass is 9.88. The van der Waals surface area contributed by atoms with Crippen molar-refractivity contribution in [2.75, 3.05) is 19.6 Å². The van der Waals surface area contributed by atoms with Gasteiger partial charge in [0.25, 0.3) is 5.91 Å². The first-order chi connectivity index (χ1) is 17.4. The minimum absolute atomic E-state index is 0.157. The second-order valence-corrected chi connectivity index (χ2v) is 10.7. The molecule has 4 amide bonds. The van der Waals surface area contributed by atoms with Gasteiger partial charge in [0.1, 0.15) is 12.1 Å². The lowest BCUT2D eigenvalue weighted by Crippen LogP contribution is -2.47. The number of piperidine rings is 1. The van der Waals surface area contributed by atoms with Crippen molar-refractivity contribution in [1.29, 1.82) is 0 Å². The predicted molar refractivity (Wildman–Crippen MR) is 140 cm³/mol. The maximum absolute atomic E-state index is 13.5. The number of thiazole rings is 1. The molecule has 36 heavy (non-hydrogen) atoms. The molecule has 1 N–H and O–H groups in total. The molecule has 0 radical (unpaired) electrons. The first kappa shape index (κ1) is 22.7. The molecule has 0 aliphatic carbocycles. The number of benzene rings is 3. The topological polar surface area (TPSA) is 82.6 Å². The summed E-state index contributed by atoms with van der Waals surface area (Å²) in [6, 6.07) is 21.0. The molecule has 0 bridgehead atoms. The van der Waals surface area contributed by atoms with Crippen molar-refractivity contribution in [2.24, 2.45) is 0 Å². The number of imide groups is 1. The Balaban J connectivity index is 1.20. The van der Waals surface area contributed by atoms with E-state index >= 15 is 0 Å². The van der Waals surface area contributed by atoms with Gasteiger partial charge >= 0.3 is 6.03 Å². The van der Waals surface area contributed by atoms with Crippen molar-refractivity contribution in [1.82, 2.24) is 20.1 Å². The molecular weight excluding hydrogens is 472 g/mol. The third-order valence-electron chi connectivity index (χ3n) is 7.33. The molecule has 1 aromatic heterocycles. The van der Waals surface area contributed by atoms with E-state index < -0.39 is 17.5 Å². The molecule has 2 aliphatic rings. The summed E-state index contributed by atoms with van der Waals surface area (Å²) in [6.07, 6.45) is 1.83. The van der Waals surface area contributed by atoms with Gasteiger partial charge in [0.15, 0.2) is 0 Å². The van der Waals surface area contributed by atoms with Gasteiger partial charge in [0.05, 0.1) is 15.2 Å². The molecule has 0 spiro atoms. The number of carbonyl (C=O) groups is 3. The molecule has 3 heterocycles. The van der Waals surface area contributed by atoms with Crippen LogP contribution in [0, 0.1) is 0 Å². The second-order valence-electron chi connectivity index (χ2n) is 9.67. The number of carbonyl (C=O) groups excluding carboxylic acids is 3. The molecule has 2 saturated heterocycles. The Morgan fingerprint density at radius 1 is 1.08 bits per heavy atom. The van der Waals surface area contributed by atoms with Gasteiger partial charge in [-0.2, -0.15) is 0 Å². The van der Waals surface area contributed by atoms with Crippen LogP contribution in [-0.4, -0.2) is 52.3 Å². The van der Waals surface area contributed by atoms with Crippen LogP contribution in [0.1, 0.15) is 36.3 Å². The summed E-state index contributed by atoms with van der Waals surface area (Å²) in [6.45, 7) is 2.61. The fourth-order valence-corrected chi connectivity index (χ4v) is 6.48. The highest BCUT2D eigenvalue weighted by Crippen LogP contribution is 2.35. The van der Waals surface area contributed by atoms with Gasteiger partial charge in [-0.3, -0.25) is 14.5 Å². The van der Waals surface area contributed by atoms with E-state index in [1.807, 2.05) is 60.7 Å². The zero-order valence-electron chi connectivity index (χ0n) is 19.9. The van der Waals surface area contributed by atoms with Crippen molar-refractivity contribution in [3.8, 4) is 0 Å². The number of hydrogen-bond acceptors (Lipinski definition) is 5. The minimum atomic E-state index is -1.23. The van der Waals surface area contributed by atoms with Crippen molar-refractivity contribution in [3.63, 3.8) is 0 Å². The number of nitrogens with zero attached hydrogens (tertiary/aromatic N) is 3. The Bertz CT molecular complexity index is 1480. The van der Waals surface area contributed by atoms with E-state index in [1.165, 1.54) is 0 Å². The van der Waals surface area contributed by atoms with E-state index in [1.54, 1.807) is 23.2 Å². The Kier molecular flexibility index (Phi) is 5.48. The quantitative estimate of drug-likeness (QED) is 0.416. The zero-order valence-corrected chi connectivity index (χ0v) is 20.8. The van der Waals surface area contributed by atoms with Crippen LogP contribution in [0.4, 0.5) is 4.79 Å². The standard InChI is InChI=1S/C28H26N4O3S/c1-28(21-12-6-9-18-8-2-3-11-20(18)21)26(34)32(27(35)30-28)17-24(33)31-15-7-10-19(16-31)25-29-22-13-4-5-14-23(22)36-25/h2-6,8-9,11-14,19H,7,10,15-17H2,1H3,(H,30,35). The second kappa shape index (κ2) is 8.71. The first-order valence-corrected chi connectivity index (χ1v) is 13.0. The van der Waals surface area contributed by atoms with Crippen LogP contribution in [0.25, 0.3) is 21.0 Å². The third-order valence-corrected chi connectivity index (χ3v) is 8.53. The SMILES string of the molecule is CC1(c2cccc3ccccc23)NC(=O)N(CC(=O)N2CCCC(c3nc4ccccc4s3)C2)C1=O. The number of urea groups is 1. The Hall–Kier alpha value is -3.78. The van der Waals surface area contributed by atoms with Crippen molar-refractivity contribution < 1.29 is 14.4 Å². The number of amides is 4. The monoisotopic (exact) mass is 498 g/mol. The summed E-state index contributed by atoms with van der Waals surface area (Å²) >= 11 is 1.67. The van der Waals surface area contributed by atoms with Crippen LogP contribution in [0.15, 0.2) is 66.7 Å². The molecular formula is C28H26N4O3S. The summed E-state index contributed by atoms with van der Waals surface area (Å²) in [5.74, 6) is -0.465. The van der Waals surface area contributed by atoms with Gasteiger partial charge in [0.2, 0.25) is 5.91 Å². The van der Waals surface area contributed by atoms with Crippen LogP contribution < -0.4 is 5.32 Å². The van der Waals surface area contributed by atoms with E-state index in [2.05, 4.69) is 11.4 Å². The predicted octanol–water partition coefficient (Wildman–Crippen LogP) is 4.62. The number of rotatable bonds is 4. The van der Waals surface area contributed by atoms with Gasteiger partial charge in [-0.15, -0.1) is 11.3 Å². The Morgan fingerprint density at radius 2 is 1.86 bits per heavy atom. The fourth-order valence-electron chi connectivity index (χ4n) is 5.39. The third kappa shape index (κ3) is 3.73. The van der Waals surface area contributed by atoms with Gasteiger partial charge in [-0.1, -0.05) is 54.6 Å². The van der Waals surface area contributed by atoms with E-state index in [4.69, 9.17) is 4.98 Å². The number of fused-ring (bicyclic) bond motifs is 2. The molecule has 2 unspecified atom stereocenters. The van der Waals surface area contributed by atoms with E-state index in [9.17, 15) is 14.4 Å². The van der Waals surface area contributed by atoms with Crippen molar-refractivity contribution >= 4 is 50.2 Å². The fraction of sp³-hybridized carbons (Fsp3) is 0.286. The van der Waals surface area contributed by atoms with E-state index in [0.29, 0.717) is 13.1 Å². The highest BCUT2D eigenvalue weighted by Gasteiger charge is 2.50. The van der Waals surface area contributed by atoms with Gasteiger partial charge < -0.3 is 10.2 Å². The summed E-state index contributed by atoms with van der Waals surface area (Å²) in [7, 11) is 0.